The van der Waals surface area contributed by atoms with Gasteiger partial charge < -0.3 is 9.47 Å². The standard InChI is InChI=1S/C13H9BrClN3O2/c14-12-17-16-11-7-13(19-3-4-20-13)6-8-5-9(15)1-2-10(8)18(11)12/h1-5H,6-7H2. The topological polar surface area (TPSA) is 49.2 Å². The van der Waals surface area contributed by atoms with Crippen LogP contribution in [-0.4, -0.2) is 20.6 Å². The van der Waals surface area contributed by atoms with E-state index < -0.39 is 5.79 Å². The highest BCUT2D eigenvalue weighted by molar-refractivity contribution is 9.10. The number of rotatable bonds is 0. The van der Waals surface area contributed by atoms with Crippen LogP contribution in [0.4, 0.5) is 0 Å². The SMILES string of the molecule is Clc1ccc2c(c1)CC1(Cc3nnc(Br)n3-2)OC=CO1. The molecular formula is C13H9BrClN3O2. The maximum Gasteiger partial charge on any atom is 0.260 e. The van der Waals surface area contributed by atoms with Crippen LogP contribution in [0.2, 0.25) is 5.02 Å². The minimum absolute atomic E-state index is 0.505. The van der Waals surface area contributed by atoms with Crippen LogP contribution in [0.15, 0.2) is 35.5 Å². The number of ether oxygens (including phenoxy) is 2. The largest absolute Gasteiger partial charge is 0.456 e. The van der Waals surface area contributed by atoms with Crippen molar-refractivity contribution in [1.29, 1.82) is 0 Å². The summed E-state index contributed by atoms with van der Waals surface area (Å²) in [4.78, 5) is 0. The van der Waals surface area contributed by atoms with E-state index in [0.29, 0.717) is 22.6 Å². The Morgan fingerprint density at radius 2 is 2.00 bits per heavy atom. The molecule has 0 saturated carbocycles. The lowest BCUT2D eigenvalue weighted by Gasteiger charge is -2.25. The number of fused-ring (bicyclic) bond motifs is 3. The number of aromatic nitrogens is 3. The quantitative estimate of drug-likeness (QED) is 0.730. The average molecular weight is 355 g/mol. The lowest BCUT2D eigenvalue weighted by atomic mass is 10.0. The van der Waals surface area contributed by atoms with Crippen molar-refractivity contribution >= 4 is 27.5 Å². The fraction of sp³-hybridized carbons (Fsp3) is 0.231. The van der Waals surface area contributed by atoms with Crippen molar-refractivity contribution in [3.63, 3.8) is 0 Å². The van der Waals surface area contributed by atoms with Crippen LogP contribution in [0.25, 0.3) is 5.69 Å². The lowest BCUT2D eigenvalue weighted by Crippen LogP contribution is -2.35. The van der Waals surface area contributed by atoms with Crippen molar-refractivity contribution in [2.45, 2.75) is 18.6 Å². The van der Waals surface area contributed by atoms with Gasteiger partial charge in [-0.2, -0.15) is 0 Å². The smallest absolute Gasteiger partial charge is 0.260 e. The number of halogens is 2. The minimum Gasteiger partial charge on any atom is -0.456 e. The first-order valence-electron chi connectivity index (χ1n) is 6.06. The van der Waals surface area contributed by atoms with Crippen LogP contribution in [0.3, 0.4) is 0 Å². The number of hydrogen-bond donors (Lipinski definition) is 0. The molecule has 5 nitrogen and oxygen atoms in total. The van der Waals surface area contributed by atoms with Gasteiger partial charge in [-0.15, -0.1) is 10.2 Å². The fourth-order valence-corrected chi connectivity index (χ4v) is 3.32. The van der Waals surface area contributed by atoms with Crippen LogP contribution >= 0.6 is 27.5 Å². The van der Waals surface area contributed by atoms with Gasteiger partial charge in [0.1, 0.15) is 18.3 Å². The molecule has 0 radical (unpaired) electrons. The second-order valence-corrected chi connectivity index (χ2v) is 5.91. The van der Waals surface area contributed by atoms with E-state index in [4.69, 9.17) is 21.1 Å². The monoisotopic (exact) mass is 353 g/mol. The van der Waals surface area contributed by atoms with Crippen molar-refractivity contribution in [2.24, 2.45) is 0 Å². The summed E-state index contributed by atoms with van der Waals surface area (Å²) in [5, 5.41) is 8.96. The summed E-state index contributed by atoms with van der Waals surface area (Å²) in [7, 11) is 0. The minimum atomic E-state index is -0.764. The van der Waals surface area contributed by atoms with Crippen LogP contribution in [0, 0.1) is 0 Å². The maximum atomic E-state index is 6.12. The molecule has 0 aliphatic carbocycles. The van der Waals surface area contributed by atoms with Gasteiger partial charge in [0.05, 0.1) is 18.5 Å². The van der Waals surface area contributed by atoms with Gasteiger partial charge >= 0.3 is 0 Å². The van der Waals surface area contributed by atoms with E-state index in [1.54, 1.807) is 12.5 Å². The van der Waals surface area contributed by atoms with Gasteiger partial charge in [0.15, 0.2) is 0 Å². The van der Waals surface area contributed by atoms with E-state index >= 15 is 0 Å². The van der Waals surface area contributed by atoms with E-state index in [-0.39, 0.29) is 0 Å². The number of nitrogens with zero attached hydrogens (tertiary/aromatic N) is 3. The molecule has 1 spiro atoms. The van der Waals surface area contributed by atoms with E-state index in [1.165, 1.54) is 0 Å². The summed E-state index contributed by atoms with van der Waals surface area (Å²) in [6, 6.07) is 5.73. The molecule has 20 heavy (non-hydrogen) atoms. The molecule has 0 fully saturated rings. The predicted molar refractivity (Wildman–Crippen MR) is 75.5 cm³/mol. The highest BCUT2D eigenvalue weighted by Gasteiger charge is 2.41. The third-order valence-corrected chi connectivity index (χ3v) is 4.23. The predicted octanol–water partition coefficient (Wildman–Crippen LogP) is 3.00. The first-order chi connectivity index (χ1) is 9.67. The molecule has 1 aromatic heterocycles. The zero-order valence-electron chi connectivity index (χ0n) is 10.2. The number of hydrogen-bond acceptors (Lipinski definition) is 4. The van der Waals surface area contributed by atoms with E-state index in [9.17, 15) is 0 Å². The third-order valence-electron chi connectivity index (χ3n) is 3.48. The first-order valence-corrected chi connectivity index (χ1v) is 7.23. The molecule has 4 rings (SSSR count). The summed E-state index contributed by atoms with van der Waals surface area (Å²) in [5.74, 6) is 0.0156. The molecule has 2 aromatic rings. The van der Waals surface area contributed by atoms with Crippen LogP contribution < -0.4 is 0 Å². The molecule has 1 aromatic carbocycles. The highest BCUT2D eigenvalue weighted by Crippen LogP contribution is 2.36. The van der Waals surface area contributed by atoms with Gasteiger partial charge in [-0.3, -0.25) is 4.57 Å². The van der Waals surface area contributed by atoms with Gasteiger partial charge in [-0.25, -0.2) is 0 Å². The van der Waals surface area contributed by atoms with Gasteiger partial charge in [0.2, 0.25) is 4.73 Å². The van der Waals surface area contributed by atoms with Gasteiger partial charge in [0, 0.05) is 5.02 Å². The highest BCUT2D eigenvalue weighted by atomic mass is 79.9. The molecule has 0 bridgehead atoms. The van der Waals surface area contributed by atoms with Gasteiger partial charge in [-0.05, 0) is 39.7 Å². The lowest BCUT2D eigenvalue weighted by molar-refractivity contribution is -0.139. The molecule has 0 atom stereocenters. The molecule has 102 valence electrons. The van der Waals surface area contributed by atoms with Crippen LogP contribution in [0.5, 0.6) is 0 Å². The van der Waals surface area contributed by atoms with Crippen molar-refractivity contribution < 1.29 is 9.47 Å². The summed E-state index contributed by atoms with van der Waals surface area (Å²) < 4.78 is 14.0. The molecule has 2 aliphatic heterocycles. The maximum absolute atomic E-state index is 6.12. The van der Waals surface area contributed by atoms with E-state index in [0.717, 1.165) is 17.1 Å². The van der Waals surface area contributed by atoms with Gasteiger partial charge in [0.25, 0.3) is 5.79 Å². The molecular weight excluding hydrogens is 346 g/mol. The zero-order chi connectivity index (χ0) is 13.7. The molecule has 0 saturated heterocycles. The average Bonchev–Trinajstić information content (AvgIpc) is 2.95. The molecule has 0 N–H and O–H groups in total. The van der Waals surface area contributed by atoms with Crippen LogP contribution in [-0.2, 0) is 22.3 Å². The molecule has 2 aliphatic rings. The second kappa shape index (κ2) is 4.23. The van der Waals surface area contributed by atoms with Crippen molar-refractivity contribution in [2.75, 3.05) is 0 Å². The molecule has 3 heterocycles. The third kappa shape index (κ3) is 1.75. The Kier molecular flexibility index (Phi) is 2.59. The molecule has 0 unspecified atom stereocenters. The second-order valence-electron chi connectivity index (χ2n) is 4.77. The Balaban J connectivity index is 1.96. The van der Waals surface area contributed by atoms with Crippen molar-refractivity contribution in [3.8, 4) is 5.69 Å². The summed E-state index contributed by atoms with van der Waals surface area (Å²) in [6.45, 7) is 0. The summed E-state index contributed by atoms with van der Waals surface area (Å²) in [6.07, 6.45) is 4.22. The Labute approximate surface area is 128 Å². The number of benzene rings is 1. The van der Waals surface area contributed by atoms with Crippen molar-refractivity contribution in [1.82, 2.24) is 14.8 Å². The van der Waals surface area contributed by atoms with Gasteiger partial charge in [-0.1, -0.05) is 11.6 Å². The Hall–Kier alpha value is -1.53. The molecule has 7 heteroatoms. The summed E-state index contributed by atoms with van der Waals surface area (Å²) >= 11 is 9.55. The normalized spacial score (nSPS) is 18.1. The van der Waals surface area contributed by atoms with Crippen LogP contribution in [0.1, 0.15) is 11.4 Å². The molecule has 0 amide bonds. The Morgan fingerprint density at radius 3 is 2.80 bits per heavy atom. The fourth-order valence-electron chi connectivity index (χ4n) is 2.65. The summed E-state index contributed by atoms with van der Waals surface area (Å²) in [5.41, 5.74) is 2.01. The van der Waals surface area contributed by atoms with E-state index in [1.807, 2.05) is 22.8 Å². The Bertz CT molecular complexity index is 720. The first kappa shape index (κ1) is 12.2. The zero-order valence-corrected chi connectivity index (χ0v) is 12.6. The van der Waals surface area contributed by atoms with E-state index in [2.05, 4.69) is 26.1 Å². The Morgan fingerprint density at radius 1 is 1.20 bits per heavy atom. The van der Waals surface area contributed by atoms with Crippen molar-refractivity contribution in [3.05, 3.63) is 51.9 Å².